The van der Waals surface area contributed by atoms with Gasteiger partial charge in [0.15, 0.2) is 0 Å². The zero-order valence-electron chi connectivity index (χ0n) is 7.58. The summed E-state index contributed by atoms with van der Waals surface area (Å²) in [4.78, 5) is 15.1. The molecule has 3 nitrogen and oxygen atoms in total. The second-order valence-corrected chi connectivity index (χ2v) is 3.34. The van der Waals surface area contributed by atoms with Crippen LogP contribution < -0.4 is 5.32 Å². The van der Waals surface area contributed by atoms with Gasteiger partial charge in [-0.15, -0.1) is 0 Å². The molecule has 2 rings (SSSR count). The SMILES string of the molecule is CC(=O)NC1CCc2cccnc21. The Bertz CT molecular complexity index is 335. The number of amides is 1. The molecule has 1 aromatic heterocycles. The van der Waals surface area contributed by atoms with Crippen LogP contribution >= 0.6 is 0 Å². The van der Waals surface area contributed by atoms with Gasteiger partial charge in [0.2, 0.25) is 5.91 Å². The predicted octanol–water partition coefficient (Wildman–Crippen LogP) is 1.21. The lowest BCUT2D eigenvalue weighted by molar-refractivity contribution is -0.119. The van der Waals surface area contributed by atoms with Gasteiger partial charge in [0.1, 0.15) is 0 Å². The number of hydrogen-bond acceptors (Lipinski definition) is 2. The maximum Gasteiger partial charge on any atom is 0.217 e. The summed E-state index contributed by atoms with van der Waals surface area (Å²) in [6, 6.07) is 4.15. The van der Waals surface area contributed by atoms with Crippen LogP contribution in [0.2, 0.25) is 0 Å². The van der Waals surface area contributed by atoms with Crippen molar-refractivity contribution in [1.29, 1.82) is 0 Å². The highest BCUT2D eigenvalue weighted by atomic mass is 16.1. The van der Waals surface area contributed by atoms with E-state index in [1.165, 1.54) is 5.56 Å². The minimum Gasteiger partial charge on any atom is -0.348 e. The topological polar surface area (TPSA) is 42.0 Å². The number of nitrogens with one attached hydrogen (secondary N) is 1. The minimum absolute atomic E-state index is 0.0171. The molecule has 0 aromatic carbocycles. The van der Waals surface area contributed by atoms with Crippen molar-refractivity contribution in [3.63, 3.8) is 0 Å². The first-order valence-corrected chi connectivity index (χ1v) is 4.48. The molecule has 1 atom stereocenters. The molecule has 0 saturated heterocycles. The fourth-order valence-electron chi connectivity index (χ4n) is 1.80. The van der Waals surface area contributed by atoms with Gasteiger partial charge in [-0.05, 0) is 24.5 Å². The Morgan fingerprint density at radius 3 is 3.31 bits per heavy atom. The molecule has 1 unspecified atom stereocenters. The van der Waals surface area contributed by atoms with E-state index in [9.17, 15) is 4.79 Å². The van der Waals surface area contributed by atoms with Crippen molar-refractivity contribution in [2.45, 2.75) is 25.8 Å². The fourth-order valence-corrected chi connectivity index (χ4v) is 1.80. The van der Waals surface area contributed by atoms with Crippen LogP contribution in [0.25, 0.3) is 0 Å². The number of aromatic nitrogens is 1. The van der Waals surface area contributed by atoms with Gasteiger partial charge in [-0.1, -0.05) is 6.07 Å². The van der Waals surface area contributed by atoms with Crippen LogP contribution in [0.3, 0.4) is 0 Å². The van der Waals surface area contributed by atoms with Crippen molar-refractivity contribution < 1.29 is 4.79 Å². The Labute approximate surface area is 77.2 Å². The van der Waals surface area contributed by atoms with E-state index in [-0.39, 0.29) is 11.9 Å². The minimum atomic E-state index is 0.0171. The third-order valence-electron chi connectivity index (χ3n) is 2.34. The van der Waals surface area contributed by atoms with E-state index < -0.39 is 0 Å². The molecule has 0 radical (unpaired) electrons. The number of fused-ring (bicyclic) bond motifs is 1. The van der Waals surface area contributed by atoms with Crippen LogP contribution in [0.5, 0.6) is 0 Å². The van der Waals surface area contributed by atoms with E-state index in [2.05, 4.69) is 16.4 Å². The molecule has 13 heavy (non-hydrogen) atoms. The molecule has 1 amide bonds. The van der Waals surface area contributed by atoms with Crippen LogP contribution in [-0.4, -0.2) is 10.9 Å². The standard InChI is InChI=1S/C10H12N2O/c1-7(13)12-9-5-4-8-3-2-6-11-10(8)9/h2-3,6,9H,4-5H2,1H3,(H,12,13). The van der Waals surface area contributed by atoms with Crippen molar-refractivity contribution in [3.8, 4) is 0 Å². The second kappa shape index (κ2) is 3.17. The lowest BCUT2D eigenvalue weighted by Gasteiger charge is -2.10. The van der Waals surface area contributed by atoms with Crippen LogP contribution in [0, 0.1) is 0 Å². The molecule has 0 saturated carbocycles. The van der Waals surface area contributed by atoms with Crippen molar-refractivity contribution >= 4 is 5.91 Å². The van der Waals surface area contributed by atoms with Crippen LogP contribution in [-0.2, 0) is 11.2 Å². The summed E-state index contributed by atoms with van der Waals surface area (Å²) in [7, 11) is 0. The Morgan fingerprint density at radius 2 is 2.54 bits per heavy atom. The maximum absolute atomic E-state index is 10.9. The van der Waals surface area contributed by atoms with E-state index in [0.29, 0.717) is 0 Å². The molecule has 1 aromatic rings. The first-order valence-electron chi connectivity index (χ1n) is 4.48. The van der Waals surface area contributed by atoms with Gasteiger partial charge in [0.25, 0.3) is 0 Å². The summed E-state index contributed by atoms with van der Waals surface area (Å²) in [5.74, 6) is 0.0171. The summed E-state index contributed by atoms with van der Waals surface area (Å²) in [6.45, 7) is 1.54. The zero-order chi connectivity index (χ0) is 9.26. The third kappa shape index (κ3) is 1.54. The molecule has 0 aliphatic heterocycles. The quantitative estimate of drug-likeness (QED) is 0.698. The lowest BCUT2D eigenvalue weighted by Crippen LogP contribution is -2.24. The van der Waals surface area contributed by atoms with E-state index in [1.54, 1.807) is 13.1 Å². The van der Waals surface area contributed by atoms with Gasteiger partial charge in [0, 0.05) is 13.1 Å². The predicted molar refractivity (Wildman–Crippen MR) is 49.1 cm³/mol. The Balaban J connectivity index is 2.23. The van der Waals surface area contributed by atoms with E-state index in [0.717, 1.165) is 18.5 Å². The van der Waals surface area contributed by atoms with Crippen LogP contribution in [0.4, 0.5) is 0 Å². The van der Waals surface area contributed by atoms with Gasteiger partial charge < -0.3 is 5.32 Å². The number of pyridine rings is 1. The molecule has 1 aliphatic rings. The smallest absolute Gasteiger partial charge is 0.217 e. The molecule has 3 heteroatoms. The highest BCUT2D eigenvalue weighted by Crippen LogP contribution is 2.28. The number of carbonyl (C=O) groups excluding carboxylic acids is 1. The van der Waals surface area contributed by atoms with Crippen molar-refractivity contribution in [2.24, 2.45) is 0 Å². The fraction of sp³-hybridized carbons (Fsp3) is 0.400. The summed E-state index contributed by atoms with van der Waals surface area (Å²) in [5, 5.41) is 2.90. The second-order valence-electron chi connectivity index (χ2n) is 3.34. The molecule has 0 bridgehead atoms. The molecule has 1 heterocycles. The molecule has 0 fully saturated rings. The number of carbonyl (C=O) groups is 1. The Hall–Kier alpha value is -1.38. The first-order chi connectivity index (χ1) is 6.27. The Morgan fingerprint density at radius 1 is 1.69 bits per heavy atom. The van der Waals surface area contributed by atoms with E-state index in [4.69, 9.17) is 0 Å². The van der Waals surface area contributed by atoms with Gasteiger partial charge >= 0.3 is 0 Å². The first kappa shape index (κ1) is 8.23. The average molecular weight is 176 g/mol. The maximum atomic E-state index is 10.9. The summed E-state index contributed by atoms with van der Waals surface area (Å²) >= 11 is 0. The molecule has 1 N–H and O–H groups in total. The van der Waals surface area contributed by atoms with Crippen molar-refractivity contribution in [1.82, 2.24) is 10.3 Å². The van der Waals surface area contributed by atoms with Crippen molar-refractivity contribution in [2.75, 3.05) is 0 Å². The van der Waals surface area contributed by atoms with E-state index in [1.807, 2.05) is 6.07 Å². The molecule has 1 aliphatic carbocycles. The number of hydrogen-bond donors (Lipinski definition) is 1. The highest BCUT2D eigenvalue weighted by Gasteiger charge is 2.23. The highest BCUT2D eigenvalue weighted by molar-refractivity contribution is 5.73. The Kier molecular flexibility index (Phi) is 2.00. The summed E-state index contributed by atoms with van der Waals surface area (Å²) < 4.78 is 0. The average Bonchev–Trinajstić information content (AvgIpc) is 2.48. The summed E-state index contributed by atoms with van der Waals surface area (Å²) in [5.41, 5.74) is 2.30. The largest absolute Gasteiger partial charge is 0.348 e. The normalized spacial score (nSPS) is 19.6. The summed E-state index contributed by atoms with van der Waals surface area (Å²) in [6.07, 6.45) is 3.78. The third-order valence-corrected chi connectivity index (χ3v) is 2.34. The number of rotatable bonds is 1. The van der Waals surface area contributed by atoms with Crippen LogP contribution in [0.1, 0.15) is 30.6 Å². The number of aryl methyl sites for hydroxylation is 1. The van der Waals surface area contributed by atoms with Crippen molar-refractivity contribution in [3.05, 3.63) is 29.6 Å². The lowest BCUT2D eigenvalue weighted by atomic mass is 10.2. The molecule has 68 valence electrons. The number of nitrogens with zero attached hydrogens (tertiary/aromatic N) is 1. The van der Waals surface area contributed by atoms with Gasteiger partial charge in [-0.25, -0.2) is 0 Å². The molecule has 0 spiro atoms. The van der Waals surface area contributed by atoms with Gasteiger partial charge in [-0.2, -0.15) is 0 Å². The molecular weight excluding hydrogens is 164 g/mol. The van der Waals surface area contributed by atoms with E-state index >= 15 is 0 Å². The van der Waals surface area contributed by atoms with Gasteiger partial charge in [-0.3, -0.25) is 9.78 Å². The molecular formula is C10H12N2O. The van der Waals surface area contributed by atoms with Gasteiger partial charge in [0.05, 0.1) is 11.7 Å². The zero-order valence-corrected chi connectivity index (χ0v) is 7.58. The monoisotopic (exact) mass is 176 g/mol. The van der Waals surface area contributed by atoms with Crippen LogP contribution in [0.15, 0.2) is 18.3 Å².